The largest absolute Gasteiger partial charge is 0.459 e. The average Bonchev–Trinajstić information content (AvgIpc) is 3.41. The Labute approximate surface area is 202 Å². The van der Waals surface area contributed by atoms with Crippen LogP contribution in [0.1, 0.15) is 17.4 Å². The summed E-state index contributed by atoms with van der Waals surface area (Å²) in [6, 6.07) is 6.89. The molecule has 3 atom stereocenters. The number of hydrogen-bond acceptors (Lipinski definition) is 7. The van der Waals surface area contributed by atoms with Crippen LogP contribution in [0.5, 0.6) is 0 Å². The lowest BCUT2D eigenvalue weighted by Gasteiger charge is -2.15. The highest BCUT2D eigenvalue weighted by Crippen LogP contribution is 2.21. The summed E-state index contributed by atoms with van der Waals surface area (Å²) in [7, 11) is 0. The molecule has 12 heteroatoms. The van der Waals surface area contributed by atoms with Gasteiger partial charge in [-0.05, 0) is 22.7 Å². The van der Waals surface area contributed by atoms with Crippen LogP contribution in [-0.4, -0.2) is 46.0 Å². The number of fused-ring (bicyclic) bond motifs is 1. The molecule has 0 aliphatic carbocycles. The van der Waals surface area contributed by atoms with Crippen LogP contribution in [0.2, 0.25) is 0 Å². The van der Waals surface area contributed by atoms with E-state index in [0.29, 0.717) is 6.42 Å². The van der Waals surface area contributed by atoms with Crippen LogP contribution in [0.25, 0.3) is 17.0 Å². The number of H-pyrrole nitrogens is 2. The molecule has 4 rings (SSSR count). The predicted octanol–water partition coefficient (Wildman–Crippen LogP) is 1.79. The molecule has 1 aliphatic rings. The number of carbonyl (C=O) groups is 1. The van der Waals surface area contributed by atoms with Crippen LogP contribution < -0.4 is 17.0 Å². The Morgan fingerprint density at radius 1 is 1.36 bits per heavy atom. The van der Waals surface area contributed by atoms with E-state index in [1.807, 2.05) is 30.5 Å². The molecule has 0 unspecified atom stereocenters. The van der Waals surface area contributed by atoms with E-state index in [9.17, 15) is 14.4 Å². The van der Waals surface area contributed by atoms with Crippen molar-refractivity contribution in [2.24, 2.45) is 5.73 Å². The summed E-state index contributed by atoms with van der Waals surface area (Å²) in [6.45, 7) is -0.129. The fourth-order valence-electron chi connectivity index (χ4n) is 3.46. The van der Waals surface area contributed by atoms with E-state index in [4.69, 9.17) is 19.9 Å². The first-order chi connectivity index (χ1) is 15.5. The summed E-state index contributed by atoms with van der Waals surface area (Å²) in [5, 5.41) is 1.00. The van der Waals surface area contributed by atoms with Gasteiger partial charge in [-0.1, -0.05) is 34.1 Å². The van der Waals surface area contributed by atoms with Crippen molar-refractivity contribution in [1.82, 2.24) is 14.5 Å². The first kappa shape index (κ1) is 24.9. The molecule has 3 aromatic rings. The van der Waals surface area contributed by atoms with E-state index in [-0.39, 0.29) is 31.2 Å². The molecule has 3 heterocycles. The van der Waals surface area contributed by atoms with Crippen LogP contribution in [0.3, 0.4) is 0 Å². The number of para-hydroxylation sites is 1. The van der Waals surface area contributed by atoms with Crippen molar-refractivity contribution >= 4 is 51.3 Å². The van der Waals surface area contributed by atoms with Gasteiger partial charge in [0, 0.05) is 29.7 Å². The third kappa shape index (κ3) is 5.63. The lowest BCUT2D eigenvalue weighted by Crippen LogP contribution is -2.36. The Hall–Kier alpha value is -2.70. The number of hydrogen-bond donors (Lipinski definition) is 3. The van der Waals surface area contributed by atoms with Gasteiger partial charge in [-0.25, -0.2) is 4.79 Å². The molecule has 0 radical (unpaired) electrons. The minimum absolute atomic E-state index is 0. The number of carbonyl (C=O) groups excluding carboxylic acids is 1. The topological polar surface area (TPSA) is 141 Å². The molecular weight excluding hydrogens is 520 g/mol. The minimum atomic E-state index is -0.863. The Kier molecular flexibility index (Phi) is 8.27. The monoisotopic (exact) mass is 540 g/mol. The number of rotatable bonds is 7. The zero-order valence-electron chi connectivity index (χ0n) is 17.2. The predicted molar refractivity (Wildman–Crippen MR) is 127 cm³/mol. The number of nitrogens with one attached hydrogen (secondary N) is 2. The second-order valence-electron chi connectivity index (χ2n) is 7.20. The molecule has 1 fully saturated rings. The summed E-state index contributed by atoms with van der Waals surface area (Å²) in [4.78, 5) is 43.1. The smallest absolute Gasteiger partial charge is 0.330 e. The molecule has 1 saturated heterocycles. The van der Waals surface area contributed by atoms with E-state index in [1.165, 1.54) is 21.8 Å². The summed E-state index contributed by atoms with van der Waals surface area (Å²) in [6.07, 6.45) is 3.38. The van der Waals surface area contributed by atoms with Crippen molar-refractivity contribution in [3.63, 3.8) is 0 Å². The summed E-state index contributed by atoms with van der Waals surface area (Å²) >= 11 is 3.10. The third-order valence-corrected chi connectivity index (χ3v) is 5.33. The molecular formula is C21H22BrClN4O6. The van der Waals surface area contributed by atoms with Crippen LogP contribution >= 0.6 is 28.3 Å². The van der Waals surface area contributed by atoms with Crippen LogP contribution in [-0.2, 0) is 25.4 Å². The number of ether oxygens (including phenoxy) is 3. The highest BCUT2D eigenvalue weighted by Gasteiger charge is 2.30. The van der Waals surface area contributed by atoms with E-state index in [1.54, 1.807) is 0 Å². The van der Waals surface area contributed by atoms with E-state index in [0.717, 1.165) is 16.5 Å². The highest BCUT2D eigenvalue weighted by molar-refractivity contribution is 9.11. The lowest BCUT2D eigenvalue weighted by molar-refractivity contribution is -0.160. The Balaban J connectivity index is 0.00000306. The summed E-state index contributed by atoms with van der Waals surface area (Å²) in [5.41, 5.74) is 7.03. The molecule has 1 aromatic carbocycles. The van der Waals surface area contributed by atoms with Crippen molar-refractivity contribution in [3.05, 3.63) is 73.6 Å². The molecule has 0 bridgehead atoms. The molecule has 176 valence electrons. The van der Waals surface area contributed by atoms with Gasteiger partial charge in [-0.3, -0.25) is 19.1 Å². The second-order valence-corrected chi connectivity index (χ2v) is 7.73. The van der Waals surface area contributed by atoms with Gasteiger partial charge in [0.05, 0.1) is 12.2 Å². The van der Waals surface area contributed by atoms with Crippen molar-refractivity contribution < 1.29 is 19.0 Å². The van der Waals surface area contributed by atoms with E-state index >= 15 is 0 Å². The SMILES string of the molecule is Cl.N[C@@H](Cc1c[nH]c2ccccc12)C(=O)OC[C@H]1OC[C@@H](n2cc(/C=C/Br)c(=O)[nH]c2=O)O1. The van der Waals surface area contributed by atoms with Crippen molar-refractivity contribution in [2.45, 2.75) is 25.0 Å². The number of nitrogens with two attached hydrogens (primary N) is 1. The third-order valence-electron chi connectivity index (χ3n) is 5.06. The Morgan fingerprint density at radius 3 is 2.94 bits per heavy atom. The Bertz CT molecular complexity index is 1270. The molecule has 0 saturated carbocycles. The minimum Gasteiger partial charge on any atom is -0.459 e. The average molecular weight is 542 g/mol. The maximum atomic E-state index is 12.3. The van der Waals surface area contributed by atoms with Crippen LogP contribution in [0.15, 0.2) is 51.2 Å². The van der Waals surface area contributed by atoms with Gasteiger partial charge in [-0.15, -0.1) is 12.4 Å². The summed E-state index contributed by atoms with van der Waals surface area (Å²) < 4.78 is 17.6. The number of halogens is 2. The zero-order valence-corrected chi connectivity index (χ0v) is 19.6. The Morgan fingerprint density at radius 2 is 2.15 bits per heavy atom. The van der Waals surface area contributed by atoms with Crippen molar-refractivity contribution in [2.75, 3.05) is 13.2 Å². The highest BCUT2D eigenvalue weighted by atomic mass is 79.9. The van der Waals surface area contributed by atoms with Crippen molar-refractivity contribution in [1.29, 1.82) is 0 Å². The first-order valence-electron chi connectivity index (χ1n) is 9.82. The second kappa shape index (κ2) is 10.9. The number of esters is 1. The molecule has 4 N–H and O–H groups in total. The molecule has 2 aromatic heterocycles. The maximum absolute atomic E-state index is 12.3. The van der Waals surface area contributed by atoms with E-state index in [2.05, 4.69) is 25.9 Å². The fraction of sp³-hybridized carbons (Fsp3) is 0.286. The van der Waals surface area contributed by atoms with Gasteiger partial charge < -0.3 is 24.9 Å². The van der Waals surface area contributed by atoms with Crippen molar-refractivity contribution in [3.8, 4) is 0 Å². The number of aromatic amines is 2. The van der Waals surface area contributed by atoms with Gasteiger partial charge in [0.25, 0.3) is 5.56 Å². The van der Waals surface area contributed by atoms with E-state index < -0.39 is 35.8 Å². The molecule has 33 heavy (non-hydrogen) atoms. The standard InChI is InChI=1S/C21H21BrN4O6.ClH/c22-6-5-12-9-26(21(29)25-19(12)27)17-10-30-18(32-17)11-31-20(28)15(23)7-13-8-24-16-4-2-1-3-14(13)16;/h1-6,8-9,15,17-18,24H,7,10-11,23H2,(H,25,27,29);1H/b6-5+;/t15-,17-,18-;/m0./s1. The number of nitrogens with zero attached hydrogens (tertiary/aromatic N) is 1. The zero-order chi connectivity index (χ0) is 22.7. The number of benzene rings is 1. The van der Waals surface area contributed by atoms with Gasteiger partial charge in [-0.2, -0.15) is 0 Å². The first-order valence-corrected chi connectivity index (χ1v) is 10.7. The molecule has 10 nitrogen and oxygen atoms in total. The lowest BCUT2D eigenvalue weighted by atomic mass is 10.1. The molecule has 0 spiro atoms. The van der Waals surface area contributed by atoms with Gasteiger partial charge in [0.1, 0.15) is 12.6 Å². The molecule has 0 amide bonds. The van der Waals surface area contributed by atoms with Crippen LogP contribution in [0.4, 0.5) is 0 Å². The van der Waals surface area contributed by atoms with Gasteiger partial charge in [0.15, 0.2) is 12.5 Å². The quantitative estimate of drug-likeness (QED) is 0.387. The van der Waals surface area contributed by atoms with Gasteiger partial charge in [0.2, 0.25) is 0 Å². The summed E-state index contributed by atoms with van der Waals surface area (Å²) in [5.74, 6) is -0.586. The maximum Gasteiger partial charge on any atom is 0.330 e. The molecule has 1 aliphatic heterocycles. The fourth-order valence-corrected chi connectivity index (χ4v) is 3.74. The van der Waals surface area contributed by atoms with Gasteiger partial charge >= 0.3 is 11.7 Å². The number of aromatic nitrogens is 3. The van der Waals surface area contributed by atoms with Crippen LogP contribution in [0, 0.1) is 0 Å². The normalized spacial score (nSPS) is 19.0.